The van der Waals surface area contributed by atoms with Crippen LogP contribution in [-0.4, -0.2) is 85.3 Å². The van der Waals surface area contributed by atoms with Crippen LogP contribution in [0.25, 0.3) is 0 Å². The van der Waals surface area contributed by atoms with Crippen molar-refractivity contribution in [1.29, 1.82) is 0 Å². The molecule has 1 N–H and O–H groups in total. The minimum absolute atomic E-state index is 0.0934. The lowest BCUT2D eigenvalue weighted by atomic mass is 10.1. The van der Waals surface area contributed by atoms with Crippen LogP contribution in [0.3, 0.4) is 0 Å². The van der Waals surface area contributed by atoms with Crippen molar-refractivity contribution in [3.05, 3.63) is 54.0 Å². The van der Waals surface area contributed by atoms with Crippen molar-refractivity contribution in [1.82, 2.24) is 20.0 Å². The van der Waals surface area contributed by atoms with E-state index in [1.54, 1.807) is 47.2 Å². The lowest BCUT2D eigenvalue weighted by Crippen LogP contribution is -2.54. The van der Waals surface area contributed by atoms with Crippen molar-refractivity contribution < 1.29 is 38.5 Å². The van der Waals surface area contributed by atoms with Crippen molar-refractivity contribution in [3.63, 3.8) is 0 Å². The van der Waals surface area contributed by atoms with E-state index in [0.717, 1.165) is 34.1 Å². The summed E-state index contributed by atoms with van der Waals surface area (Å²) in [7, 11) is 4.96. The number of anilines is 1. The molecule has 0 saturated carbocycles. The summed E-state index contributed by atoms with van der Waals surface area (Å²) in [5.74, 6) is -0.123. The lowest BCUT2D eigenvalue weighted by Gasteiger charge is -2.31. The molecule has 13 nitrogen and oxygen atoms in total. The molecule has 3 aliphatic heterocycles. The van der Waals surface area contributed by atoms with Gasteiger partial charge < -0.3 is 25.1 Å². The average Bonchev–Trinajstić information content (AvgIpc) is 3.46. The summed E-state index contributed by atoms with van der Waals surface area (Å²) in [6.07, 6.45) is 8.03. The standard InChI is InChI=1S/C26H31N5O8S/c1-27-13-15-30-19(25(30)34)9-6-7-14-31-24(33)18(23(32)29(3)26(31)35)8-4-5-10-22-28(2)20-16-17(40-39-38-36)11-12-21(20)37-22/h4-5,8,10-12,16,19,27,36H,6-7,9,13-15H2,1-3H3/p-1. The molecular formula is C26H30N5O8S-. The number of nitrogens with zero attached hydrogens (tertiary/aromatic N) is 4. The quantitative estimate of drug-likeness (QED) is 0.0690. The first-order valence-electron chi connectivity index (χ1n) is 12.6. The number of imide groups is 2. The highest BCUT2D eigenvalue weighted by molar-refractivity contribution is 7.94. The van der Waals surface area contributed by atoms with Gasteiger partial charge in [-0.25, -0.2) is 4.79 Å². The molecule has 1 aromatic rings. The summed E-state index contributed by atoms with van der Waals surface area (Å²) in [4.78, 5) is 56.3. The molecule has 1 aromatic carbocycles. The minimum Gasteiger partial charge on any atom is -0.691 e. The molecule has 0 bridgehead atoms. The molecule has 2 fully saturated rings. The topological polar surface area (TPSA) is 144 Å². The number of fused-ring (bicyclic) bond motifs is 1. The van der Waals surface area contributed by atoms with Gasteiger partial charge in [0.25, 0.3) is 11.8 Å². The van der Waals surface area contributed by atoms with Crippen LogP contribution in [-0.2, 0) is 23.8 Å². The van der Waals surface area contributed by atoms with E-state index >= 15 is 0 Å². The fraction of sp³-hybridized carbons (Fsp3) is 0.385. The molecule has 40 heavy (non-hydrogen) atoms. The number of carbonyl (C=O) groups excluding carboxylic acids is 4. The molecular weight excluding hydrogens is 542 g/mol. The predicted molar refractivity (Wildman–Crippen MR) is 142 cm³/mol. The van der Waals surface area contributed by atoms with Gasteiger partial charge in [-0.15, -0.1) is 0 Å². The van der Waals surface area contributed by atoms with Crippen molar-refractivity contribution in [2.75, 3.05) is 45.7 Å². The number of hydrogen-bond donors (Lipinski definition) is 1. The number of unbranched alkanes of at least 4 members (excludes halogenated alkanes) is 1. The molecule has 0 aliphatic carbocycles. The molecule has 3 aliphatic rings. The van der Waals surface area contributed by atoms with E-state index in [4.69, 9.17) is 4.74 Å². The fourth-order valence-electron chi connectivity index (χ4n) is 4.44. The first-order valence-corrected chi connectivity index (χ1v) is 13.4. The van der Waals surface area contributed by atoms with Crippen LogP contribution in [0.15, 0.2) is 58.9 Å². The summed E-state index contributed by atoms with van der Waals surface area (Å²) in [6, 6.07) is 4.42. The number of amides is 5. The van der Waals surface area contributed by atoms with Crippen molar-refractivity contribution >= 4 is 41.5 Å². The fourth-order valence-corrected chi connectivity index (χ4v) is 4.83. The van der Waals surface area contributed by atoms with Gasteiger partial charge in [0.2, 0.25) is 5.91 Å². The zero-order chi connectivity index (χ0) is 28.8. The van der Waals surface area contributed by atoms with Gasteiger partial charge in [-0.2, -0.15) is 4.33 Å². The van der Waals surface area contributed by atoms with Gasteiger partial charge in [0.15, 0.2) is 11.6 Å². The predicted octanol–water partition coefficient (Wildman–Crippen LogP) is 1.09. The smallest absolute Gasteiger partial charge is 0.333 e. The molecule has 2 saturated heterocycles. The van der Waals surface area contributed by atoms with Crippen LogP contribution in [0.4, 0.5) is 10.5 Å². The number of carbonyl (C=O) groups is 4. The second-order valence-corrected chi connectivity index (χ2v) is 10.0. The molecule has 3 heterocycles. The molecule has 5 amide bonds. The Hall–Kier alpha value is -3.69. The Kier molecular flexibility index (Phi) is 9.60. The van der Waals surface area contributed by atoms with Gasteiger partial charge in [0, 0.05) is 38.6 Å². The third-order valence-corrected chi connectivity index (χ3v) is 7.29. The number of rotatable bonds is 13. The first kappa shape index (κ1) is 29.3. The molecule has 4 rings (SSSR count). The third-order valence-electron chi connectivity index (χ3n) is 6.72. The van der Waals surface area contributed by atoms with Crippen molar-refractivity contribution in [2.24, 2.45) is 0 Å². The van der Waals surface area contributed by atoms with Crippen LogP contribution in [0.2, 0.25) is 0 Å². The minimum atomic E-state index is -0.678. The second kappa shape index (κ2) is 13.1. The number of urea groups is 1. The molecule has 214 valence electrons. The van der Waals surface area contributed by atoms with E-state index in [2.05, 4.69) is 14.7 Å². The molecule has 0 radical (unpaired) electrons. The van der Waals surface area contributed by atoms with Gasteiger partial charge >= 0.3 is 6.03 Å². The maximum absolute atomic E-state index is 13.0. The Bertz CT molecular complexity index is 1270. The van der Waals surface area contributed by atoms with E-state index in [0.29, 0.717) is 42.3 Å². The monoisotopic (exact) mass is 572 g/mol. The number of benzene rings is 1. The van der Waals surface area contributed by atoms with E-state index < -0.39 is 17.8 Å². The molecule has 0 spiro atoms. The van der Waals surface area contributed by atoms with Crippen LogP contribution in [0.1, 0.15) is 19.3 Å². The summed E-state index contributed by atoms with van der Waals surface area (Å²) in [6.45, 7) is 1.55. The Labute approximate surface area is 235 Å². The molecule has 1 atom stereocenters. The van der Waals surface area contributed by atoms with Crippen LogP contribution >= 0.6 is 12.0 Å². The number of allylic oxidation sites excluding steroid dienone is 4. The van der Waals surface area contributed by atoms with E-state index in [9.17, 15) is 24.4 Å². The van der Waals surface area contributed by atoms with Gasteiger partial charge in [-0.1, -0.05) is 12.2 Å². The van der Waals surface area contributed by atoms with Crippen LogP contribution in [0.5, 0.6) is 5.75 Å². The molecule has 0 aromatic heterocycles. The number of likely N-dealkylation sites (N-methyl/N-ethyl adjacent to an activating group) is 2. The van der Waals surface area contributed by atoms with Crippen LogP contribution < -0.4 is 20.2 Å². The summed E-state index contributed by atoms with van der Waals surface area (Å²) in [5.41, 5.74) is 0.612. The highest BCUT2D eigenvalue weighted by atomic mass is 32.2. The highest BCUT2D eigenvalue weighted by Crippen LogP contribution is 2.40. The molecule has 14 heteroatoms. The van der Waals surface area contributed by atoms with E-state index in [1.807, 2.05) is 7.05 Å². The van der Waals surface area contributed by atoms with Gasteiger partial charge in [-0.05, 0) is 56.7 Å². The maximum atomic E-state index is 13.0. The third kappa shape index (κ3) is 6.37. The maximum Gasteiger partial charge on any atom is 0.333 e. The van der Waals surface area contributed by atoms with Gasteiger partial charge in [0.1, 0.15) is 11.6 Å². The summed E-state index contributed by atoms with van der Waals surface area (Å²) in [5, 5.41) is 16.4. The number of ether oxygens (including phenoxy) is 1. The van der Waals surface area contributed by atoms with Gasteiger partial charge in [0.05, 0.1) is 17.7 Å². The number of nitrogens with one attached hydrogen (secondary N) is 1. The largest absolute Gasteiger partial charge is 0.691 e. The molecule has 1 unspecified atom stereocenters. The number of barbiturate groups is 1. The zero-order valence-electron chi connectivity index (χ0n) is 22.3. The number of hydrogen-bond acceptors (Lipinski definition) is 11. The highest BCUT2D eigenvalue weighted by Gasteiger charge is 2.44. The Balaban J connectivity index is 1.34. The van der Waals surface area contributed by atoms with Gasteiger partial charge in [-0.3, -0.25) is 29.2 Å². The zero-order valence-corrected chi connectivity index (χ0v) is 23.1. The Morgan fingerprint density at radius 2 is 1.82 bits per heavy atom. The average molecular weight is 573 g/mol. The summed E-state index contributed by atoms with van der Waals surface area (Å²) < 4.78 is 10.2. The second-order valence-electron chi connectivity index (χ2n) is 9.23. The Morgan fingerprint density at radius 1 is 1.05 bits per heavy atom. The van der Waals surface area contributed by atoms with E-state index in [1.165, 1.54) is 19.2 Å². The normalized spacial score (nSPS) is 20.9. The summed E-state index contributed by atoms with van der Waals surface area (Å²) >= 11 is 0.769. The van der Waals surface area contributed by atoms with Crippen LogP contribution in [0, 0.1) is 0 Å². The Morgan fingerprint density at radius 3 is 2.58 bits per heavy atom. The van der Waals surface area contributed by atoms with Crippen molar-refractivity contribution in [2.45, 2.75) is 30.2 Å². The SMILES string of the molecule is CNCCN1C(=O)C1CCCCN1C(=O)C(=CC=CC=C2Oc3ccc(SOO[O-])cc3N2C)C(=O)N(C)C1=O. The lowest BCUT2D eigenvalue weighted by molar-refractivity contribution is -0.777. The van der Waals surface area contributed by atoms with Crippen molar-refractivity contribution in [3.8, 4) is 5.75 Å². The van der Waals surface area contributed by atoms with E-state index in [-0.39, 0.29) is 24.1 Å². The first-order chi connectivity index (χ1) is 19.3.